The second-order valence-electron chi connectivity index (χ2n) is 6.79. The maximum absolute atomic E-state index is 13.6. The van der Waals surface area contributed by atoms with E-state index in [1.165, 1.54) is 7.11 Å². The first-order chi connectivity index (χ1) is 15.1. The van der Waals surface area contributed by atoms with E-state index in [-0.39, 0.29) is 17.8 Å². The van der Waals surface area contributed by atoms with E-state index < -0.39 is 5.97 Å². The molecule has 0 N–H and O–H groups in total. The van der Waals surface area contributed by atoms with E-state index in [0.717, 1.165) is 5.56 Å². The third kappa shape index (κ3) is 5.20. The number of hydrogen-bond acceptors (Lipinski definition) is 5. The minimum atomic E-state index is -0.559. The summed E-state index contributed by atoms with van der Waals surface area (Å²) in [6.45, 7) is 0. The van der Waals surface area contributed by atoms with Crippen molar-refractivity contribution in [2.45, 2.75) is 6.42 Å². The molecule has 0 aliphatic heterocycles. The Morgan fingerprint density at radius 2 is 1.23 bits per heavy atom. The minimum Gasteiger partial charge on any atom is -0.497 e. The van der Waals surface area contributed by atoms with Crippen LogP contribution in [0, 0.1) is 0 Å². The van der Waals surface area contributed by atoms with Crippen LogP contribution in [0.15, 0.2) is 84.4 Å². The number of hydrogen-bond donors (Lipinski definition) is 0. The summed E-state index contributed by atoms with van der Waals surface area (Å²) in [6, 6.07) is 23.3. The molecule has 0 bridgehead atoms. The molecule has 0 amide bonds. The highest BCUT2D eigenvalue weighted by Gasteiger charge is 2.24. The van der Waals surface area contributed by atoms with Gasteiger partial charge in [0.1, 0.15) is 11.5 Å². The van der Waals surface area contributed by atoms with Gasteiger partial charge in [0.25, 0.3) is 0 Å². The molecule has 0 aliphatic rings. The summed E-state index contributed by atoms with van der Waals surface area (Å²) in [7, 11) is 4.48. The maximum atomic E-state index is 13.6. The first-order valence-corrected chi connectivity index (χ1v) is 9.76. The molecule has 5 heteroatoms. The molecule has 158 valence electrons. The summed E-state index contributed by atoms with van der Waals surface area (Å²) in [5.74, 6) is 0.555. The molecule has 0 saturated heterocycles. The van der Waals surface area contributed by atoms with E-state index in [9.17, 15) is 9.59 Å². The van der Waals surface area contributed by atoms with E-state index >= 15 is 0 Å². The molecule has 0 radical (unpaired) electrons. The Kier molecular flexibility index (Phi) is 7.22. The standard InChI is InChI=1S/C26H24O5/c1-29-21-13-9-18(10-14-21)17-23(25(27)20-11-15-22(30-2)16-12-20)24(26(28)31-3)19-7-5-4-6-8-19/h4-16H,17H2,1-3H3/b24-23-. The number of methoxy groups -OCH3 is 3. The highest BCUT2D eigenvalue weighted by molar-refractivity contribution is 6.26. The molecule has 0 spiro atoms. The van der Waals surface area contributed by atoms with Crippen LogP contribution in [0.4, 0.5) is 0 Å². The summed E-state index contributed by atoms with van der Waals surface area (Å²) in [5, 5.41) is 0. The van der Waals surface area contributed by atoms with Gasteiger partial charge in [-0.15, -0.1) is 0 Å². The zero-order chi connectivity index (χ0) is 22.2. The Morgan fingerprint density at radius 1 is 0.677 bits per heavy atom. The Balaban J connectivity index is 2.15. The molecule has 5 nitrogen and oxygen atoms in total. The summed E-state index contributed by atoms with van der Waals surface area (Å²) >= 11 is 0. The van der Waals surface area contributed by atoms with Crippen LogP contribution in [0.1, 0.15) is 21.5 Å². The van der Waals surface area contributed by atoms with Gasteiger partial charge in [0.2, 0.25) is 0 Å². The fourth-order valence-electron chi connectivity index (χ4n) is 3.27. The van der Waals surface area contributed by atoms with Crippen LogP contribution in [-0.4, -0.2) is 33.1 Å². The van der Waals surface area contributed by atoms with Gasteiger partial charge in [-0.1, -0.05) is 42.5 Å². The predicted molar refractivity (Wildman–Crippen MR) is 119 cm³/mol. The Bertz CT molecular complexity index is 1070. The maximum Gasteiger partial charge on any atom is 0.338 e. The fraction of sp³-hybridized carbons (Fsp3) is 0.154. The number of allylic oxidation sites excluding steroid dienone is 1. The van der Waals surface area contributed by atoms with E-state index in [4.69, 9.17) is 14.2 Å². The second kappa shape index (κ2) is 10.3. The molecular formula is C26H24O5. The first-order valence-electron chi connectivity index (χ1n) is 9.76. The lowest BCUT2D eigenvalue weighted by atomic mass is 9.89. The molecule has 3 aromatic carbocycles. The number of carbonyl (C=O) groups is 2. The van der Waals surface area contributed by atoms with Gasteiger partial charge in [-0.2, -0.15) is 0 Å². The van der Waals surface area contributed by atoms with Gasteiger partial charge in [-0.25, -0.2) is 4.79 Å². The topological polar surface area (TPSA) is 61.8 Å². The van der Waals surface area contributed by atoms with Crippen molar-refractivity contribution in [3.8, 4) is 11.5 Å². The summed E-state index contributed by atoms with van der Waals surface area (Å²) < 4.78 is 15.5. The largest absolute Gasteiger partial charge is 0.497 e. The molecular weight excluding hydrogens is 392 g/mol. The highest BCUT2D eigenvalue weighted by atomic mass is 16.5. The van der Waals surface area contributed by atoms with Crippen molar-refractivity contribution in [2.24, 2.45) is 0 Å². The van der Waals surface area contributed by atoms with Crippen LogP contribution in [0.3, 0.4) is 0 Å². The lowest BCUT2D eigenvalue weighted by molar-refractivity contribution is -0.133. The predicted octanol–water partition coefficient (Wildman–Crippen LogP) is 4.76. The van der Waals surface area contributed by atoms with Crippen molar-refractivity contribution in [3.05, 3.63) is 101 Å². The van der Waals surface area contributed by atoms with Gasteiger partial charge in [0.05, 0.1) is 26.9 Å². The lowest BCUT2D eigenvalue weighted by Gasteiger charge is -2.15. The zero-order valence-corrected chi connectivity index (χ0v) is 17.8. The normalized spacial score (nSPS) is 11.3. The van der Waals surface area contributed by atoms with Gasteiger partial charge < -0.3 is 14.2 Å². The zero-order valence-electron chi connectivity index (χ0n) is 17.8. The van der Waals surface area contributed by atoms with E-state index in [1.807, 2.05) is 42.5 Å². The Morgan fingerprint density at radius 3 is 1.74 bits per heavy atom. The van der Waals surface area contributed by atoms with Crippen LogP contribution in [0.25, 0.3) is 5.57 Å². The van der Waals surface area contributed by atoms with Crippen molar-refractivity contribution in [2.75, 3.05) is 21.3 Å². The SMILES string of the molecule is COC(=O)/C(=C(/Cc1ccc(OC)cc1)C(=O)c1ccc(OC)cc1)c1ccccc1. The molecule has 0 saturated carbocycles. The average molecular weight is 416 g/mol. The second-order valence-corrected chi connectivity index (χ2v) is 6.79. The summed E-state index contributed by atoms with van der Waals surface area (Å²) in [6.07, 6.45) is 0.258. The molecule has 0 aliphatic carbocycles. The smallest absolute Gasteiger partial charge is 0.338 e. The summed E-state index contributed by atoms with van der Waals surface area (Å²) in [5.41, 5.74) is 2.56. The van der Waals surface area contributed by atoms with Crippen molar-refractivity contribution < 1.29 is 23.8 Å². The molecule has 3 aromatic rings. The van der Waals surface area contributed by atoms with Crippen molar-refractivity contribution in [1.29, 1.82) is 0 Å². The fourth-order valence-corrected chi connectivity index (χ4v) is 3.27. The number of rotatable bonds is 8. The van der Waals surface area contributed by atoms with Gasteiger partial charge in [0.15, 0.2) is 5.78 Å². The van der Waals surface area contributed by atoms with Gasteiger partial charge >= 0.3 is 5.97 Å². The Hall–Kier alpha value is -3.86. The quantitative estimate of drug-likeness (QED) is 0.301. The van der Waals surface area contributed by atoms with Crippen LogP contribution in [0.2, 0.25) is 0 Å². The van der Waals surface area contributed by atoms with Gasteiger partial charge in [-0.05, 0) is 47.5 Å². The number of Topliss-reactive ketones (excluding diaryl/α,β-unsaturated/α-hetero) is 1. The van der Waals surface area contributed by atoms with Crippen molar-refractivity contribution in [1.82, 2.24) is 0 Å². The van der Waals surface area contributed by atoms with Crippen LogP contribution < -0.4 is 9.47 Å². The number of ether oxygens (including phenoxy) is 3. The molecule has 0 heterocycles. The van der Waals surface area contributed by atoms with Crippen LogP contribution >= 0.6 is 0 Å². The van der Waals surface area contributed by atoms with Gasteiger partial charge in [0, 0.05) is 17.6 Å². The molecule has 0 atom stereocenters. The van der Waals surface area contributed by atoms with E-state index in [0.29, 0.717) is 28.2 Å². The van der Waals surface area contributed by atoms with Crippen LogP contribution in [-0.2, 0) is 16.0 Å². The van der Waals surface area contributed by atoms with Crippen LogP contribution in [0.5, 0.6) is 11.5 Å². The van der Waals surface area contributed by atoms with Crippen molar-refractivity contribution in [3.63, 3.8) is 0 Å². The number of carbonyl (C=O) groups excluding carboxylic acids is 2. The van der Waals surface area contributed by atoms with E-state index in [2.05, 4.69) is 0 Å². The molecule has 3 rings (SSSR count). The minimum absolute atomic E-state index is 0.247. The number of ketones is 1. The number of esters is 1. The average Bonchev–Trinajstić information content (AvgIpc) is 2.84. The third-order valence-corrected chi connectivity index (χ3v) is 4.92. The third-order valence-electron chi connectivity index (χ3n) is 4.92. The molecule has 0 unspecified atom stereocenters. The number of benzene rings is 3. The highest BCUT2D eigenvalue weighted by Crippen LogP contribution is 2.27. The summed E-state index contributed by atoms with van der Waals surface area (Å²) in [4.78, 5) is 26.4. The van der Waals surface area contributed by atoms with E-state index in [1.54, 1.807) is 50.6 Å². The van der Waals surface area contributed by atoms with Gasteiger partial charge in [-0.3, -0.25) is 4.79 Å². The Labute approximate surface area is 181 Å². The molecule has 31 heavy (non-hydrogen) atoms. The van der Waals surface area contributed by atoms with Crippen molar-refractivity contribution >= 4 is 17.3 Å². The molecule has 0 aromatic heterocycles. The lowest BCUT2D eigenvalue weighted by Crippen LogP contribution is -2.15. The monoisotopic (exact) mass is 416 g/mol. The first kappa shape index (κ1) is 21.8. The molecule has 0 fully saturated rings.